The highest BCUT2D eigenvalue weighted by atomic mass is 35.5. The molecule has 0 saturated heterocycles. The summed E-state index contributed by atoms with van der Waals surface area (Å²) in [5.74, 6) is 0.759. The molecule has 3 heteroatoms. The third-order valence-electron chi connectivity index (χ3n) is 3.14. The maximum atomic E-state index is 9.00. The van der Waals surface area contributed by atoms with Gasteiger partial charge < -0.3 is 10.4 Å². The maximum absolute atomic E-state index is 9.00. The molecule has 0 aromatic heterocycles. The van der Waals surface area contributed by atoms with Gasteiger partial charge in [-0.3, -0.25) is 0 Å². The van der Waals surface area contributed by atoms with Crippen LogP contribution in [0.3, 0.4) is 0 Å². The van der Waals surface area contributed by atoms with Crippen LogP contribution in [0.4, 0.5) is 0 Å². The maximum Gasteiger partial charge on any atom is 0.0450 e. The van der Waals surface area contributed by atoms with E-state index in [2.05, 4.69) is 5.32 Å². The summed E-state index contributed by atoms with van der Waals surface area (Å²) in [6, 6.07) is 8.34. The molecule has 1 saturated carbocycles. The Morgan fingerprint density at radius 2 is 2.12 bits per heavy atom. The van der Waals surface area contributed by atoms with Crippen LogP contribution >= 0.6 is 11.6 Å². The van der Waals surface area contributed by atoms with Gasteiger partial charge in [0.05, 0.1) is 0 Å². The lowest BCUT2D eigenvalue weighted by Crippen LogP contribution is -2.31. The fourth-order valence-electron chi connectivity index (χ4n) is 2.02. The van der Waals surface area contributed by atoms with Crippen LogP contribution in [0, 0.1) is 5.92 Å². The lowest BCUT2D eigenvalue weighted by Gasteiger charge is -2.17. The zero-order valence-corrected chi connectivity index (χ0v) is 10.1. The molecule has 0 spiro atoms. The van der Waals surface area contributed by atoms with E-state index in [-0.39, 0.29) is 6.61 Å². The SMILES string of the molecule is OCCC(NCc1ccccc1Cl)C1CC1. The molecule has 1 aromatic carbocycles. The molecule has 1 unspecified atom stereocenters. The van der Waals surface area contributed by atoms with Crippen LogP contribution in [-0.2, 0) is 6.54 Å². The summed E-state index contributed by atoms with van der Waals surface area (Å²) in [4.78, 5) is 0. The number of halogens is 1. The minimum absolute atomic E-state index is 0.261. The van der Waals surface area contributed by atoms with Crippen molar-refractivity contribution in [2.75, 3.05) is 6.61 Å². The molecular formula is C13H18ClNO. The lowest BCUT2D eigenvalue weighted by atomic mass is 10.1. The fourth-order valence-corrected chi connectivity index (χ4v) is 2.23. The van der Waals surface area contributed by atoms with Crippen molar-refractivity contribution in [1.82, 2.24) is 5.32 Å². The highest BCUT2D eigenvalue weighted by molar-refractivity contribution is 6.31. The molecule has 2 rings (SSSR count). The normalized spacial score (nSPS) is 17.4. The van der Waals surface area contributed by atoms with Gasteiger partial charge in [0, 0.05) is 24.2 Å². The summed E-state index contributed by atoms with van der Waals surface area (Å²) in [6.07, 6.45) is 3.43. The van der Waals surface area contributed by atoms with Crippen molar-refractivity contribution >= 4 is 11.6 Å². The fraction of sp³-hybridized carbons (Fsp3) is 0.538. The Morgan fingerprint density at radius 1 is 1.38 bits per heavy atom. The van der Waals surface area contributed by atoms with E-state index >= 15 is 0 Å². The van der Waals surface area contributed by atoms with E-state index in [9.17, 15) is 0 Å². The number of aliphatic hydroxyl groups is 1. The first-order chi connectivity index (χ1) is 7.81. The third-order valence-corrected chi connectivity index (χ3v) is 3.51. The molecule has 2 nitrogen and oxygen atoms in total. The minimum atomic E-state index is 0.261. The second-order valence-electron chi connectivity index (χ2n) is 4.43. The van der Waals surface area contributed by atoms with Gasteiger partial charge in [0.2, 0.25) is 0 Å². The van der Waals surface area contributed by atoms with Crippen LogP contribution < -0.4 is 5.32 Å². The van der Waals surface area contributed by atoms with Gasteiger partial charge >= 0.3 is 0 Å². The predicted molar refractivity (Wildman–Crippen MR) is 66.5 cm³/mol. The van der Waals surface area contributed by atoms with Crippen LogP contribution in [0.1, 0.15) is 24.8 Å². The standard InChI is InChI=1S/C13H18ClNO/c14-12-4-2-1-3-11(12)9-15-13(7-8-16)10-5-6-10/h1-4,10,13,15-16H,5-9H2. The number of hydrogen-bond acceptors (Lipinski definition) is 2. The van der Waals surface area contributed by atoms with Crippen LogP contribution in [0.15, 0.2) is 24.3 Å². The molecule has 0 amide bonds. The zero-order valence-electron chi connectivity index (χ0n) is 9.32. The van der Waals surface area contributed by atoms with Gasteiger partial charge in [-0.1, -0.05) is 29.8 Å². The van der Waals surface area contributed by atoms with Gasteiger partial charge in [0.15, 0.2) is 0 Å². The number of hydrogen-bond donors (Lipinski definition) is 2. The molecule has 16 heavy (non-hydrogen) atoms. The molecule has 1 atom stereocenters. The molecular weight excluding hydrogens is 222 g/mol. The summed E-state index contributed by atoms with van der Waals surface area (Å²) < 4.78 is 0. The van der Waals surface area contributed by atoms with E-state index in [1.165, 1.54) is 12.8 Å². The van der Waals surface area contributed by atoms with E-state index in [0.717, 1.165) is 29.5 Å². The summed E-state index contributed by atoms with van der Waals surface area (Å²) in [5.41, 5.74) is 1.13. The van der Waals surface area contributed by atoms with Gasteiger partial charge in [-0.15, -0.1) is 0 Å². The number of rotatable bonds is 6. The van der Waals surface area contributed by atoms with Crippen molar-refractivity contribution in [2.24, 2.45) is 5.92 Å². The monoisotopic (exact) mass is 239 g/mol. The molecule has 0 bridgehead atoms. The quantitative estimate of drug-likeness (QED) is 0.800. The Kier molecular flexibility index (Phi) is 4.22. The van der Waals surface area contributed by atoms with E-state index in [4.69, 9.17) is 16.7 Å². The van der Waals surface area contributed by atoms with Gasteiger partial charge in [-0.2, -0.15) is 0 Å². The third kappa shape index (κ3) is 3.21. The first-order valence-electron chi connectivity index (χ1n) is 5.89. The summed E-state index contributed by atoms with van der Waals surface area (Å²) in [6.45, 7) is 1.05. The van der Waals surface area contributed by atoms with Gasteiger partial charge in [-0.05, 0) is 36.8 Å². The molecule has 0 radical (unpaired) electrons. The highest BCUT2D eigenvalue weighted by Crippen LogP contribution is 2.34. The summed E-state index contributed by atoms with van der Waals surface area (Å²) in [7, 11) is 0. The molecule has 1 aliphatic rings. The van der Waals surface area contributed by atoms with Crippen molar-refractivity contribution in [3.8, 4) is 0 Å². The van der Waals surface area contributed by atoms with Crippen molar-refractivity contribution in [2.45, 2.75) is 31.8 Å². The first-order valence-corrected chi connectivity index (χ1v) is 6.26. The number of nitrogens with one attached hydrogen (secondary N) is 1. The Labute approximate surface area is 102 Å². The topological polar surface area (TPSA) is 32.3 Å². The number of benzene rings is 1. The smallest absolute Gasteiger partial charge is 0.0450 e. The first kappa shape index (κ1) is 11.9. The van der Waals surface area contributed by atoms with Gasteiger partial charge in [0.1, 0.15) is 0 Å². The highest BCUT2D eigenvalue weighted by Gasteiger charge is 2.30. The average Bonchev–Trinajstić information content (AvgIpc) is 3.10. The molecule has 2 N–H and O–H groups in total. The number of aliphatic hydroxyl groups excluding tert-OH is 1. The summed E-state index contributed by atoms with van der Waals surface area (Å²) >= 11 is 6.09. The second kappa shape index (κ2) is 5.67. The van der Waals surface area contributed by atoms with Crippen molar-refractivity contribution < 1.29 is 5.11 Å². The predicted octanol–water partition coefficient (Wildman–Crippen LogP) is 2.59. The zero-order chi connectivity index (χ0) is 11.4. The average molecular weight is 240 g/mol. The lowest BCUT2D eigenvalue weighted by molar-refractivity contribution is 0.256. The molecule has 1 fully saturated rings. The van der Waals surface area contributed by atoms with Crippen LogP contribution in [0.5, 0.6) is 0 Å². The molecule has 0 heterocycles. The Hall–Kier alpha value is -0.570. The molecule has 88 valence electrons. The van der Waals surface area contributed by atoms with Crippen molar-refractivity contribution in [1.29, 1.82) is 0 Å². The molecule has 1 aromatic rings. The van der Waals surface area contributed by atoms with E-state index < -0.39 is 0 Å². The molecule has 1 aliphatic carbocycles. The van der Waals surface area contributed by atoms with Gasteiger partial charge in [0.25, 0.3) is 0 Å². The Morgan fingerprint density at radius 3 is 2.75 bits per heavy atom. The Bertz CT molecular complexity index is 338. The van der Waals surface area contributed by atoms with Gasteiger partial charge in [-0.25, -0.2) is 0 Å². The van der Waals surface area contributed by atoms with Crippen molar-refractivity contribution in [3.63, 3.8) is 0 Å². The van der Waals surface area contributed by atoms with E-state index in [1.807, 2.05) is 24.3 Å². The Balaban J connectivity index is 1.87. The second-order valence-corrected chi connectivity index (χ2v) is 4.84. The largest absolute Gasteiger partial charge is 0.396 e. The van der Waals surface area contributed by atoms with Crippen LogP contribution in [0.2, 0.25) is 5.02 Å². The minimum Gasteiger partial charge on any atom is -0.396 e. The van der Waals surface area contributed by atoms with E-state index in [0.29, 0.717) is 6.04 Å². The van der Waals surface area contributed by atoms with Crippen molar-refractivity contribution in [3.05, 3.63) is 34.9 Å². The summed E-state index contributed by atoms with van der Waals surface area (Å²) in [5, 5.41) is 13.3. The van der Waals surface area contributed by atoms with E-state index in [1.54, 1.807) is 0 Å². The van der Waals surface area contributed by atoms with Crippen LogP contribution in [-0.4, -0.2) is 17.8 Å². The van der Waals surface area contributed by atoms with Crippen LogP contribution in [0.25, 0.3) is 0 Å². The molecule has 0 aliphatic heterocycles.